The van der Waals surface area contributed by atoms with Gasteiger partial charge in [-0.25, -0.2) is 9.97 Å². The number of rotatable bonds is 3. The molecule has 0 saturated heterocycles. The Morgan fingerprint density at radius 2 is 1.31 bits per heavy atom. The molecule has 3 nitrogen and oxygen atoms in total. The van der Waals surface area contributed by atoms with Crippen LogP contribution >= 0.6 is 0 Å². The second kappa shape index (κ2) is 10.6. The van der Waals surface area contributed by atoms with Crippen LogP contribution in [-0.4, -0.2) is 9.97 Å². The van der Waals surface area contributed by atoms with E-state index in [4.69, 9.17) is 14.7 Å². The molecule has 2 unspecified atom stereocenters. The van der Waals surface area contributed by atoms with Crippen molar-refractivity contribution in [3.05, 3.63) is 191 Å². The van der Waals surface area contributed by atoms with Crippen molar-refractivity contribution < 1.29 is 4.74 Å². The van der Waals surface area contributed by atoms with E-state index >= 15 is 0 Å². The Hall–Kier alpha value is -5.80. The van der Waals surface area contributed by atoms with Crippen LogP contribution in [0.25, 0.3) is 39.0 Å². The van der Waals surface area contributed by atoms with Crippen LogP contribution in [0.1, 0.15) is 35.2 Å². The zero-order chi connectivity index (χ0) is 31.7. The van der Waals surface area contributed by atoms with Crippen LogP contribution in [0.3, 0.4) is 0 Å². The summed E-state index contributed by atoms with van der Waals surface area (Å²) in [6.45, 7) is 0. The van der Waals surface area contributed by atoms with Crippen molar-refractivity contribution in [2.75, 3.05) is 0 Å². The maximum absolute atomic E-state index is 6.88. The molecular formula is C45H32N2O. The maximum Gasteiger partial charge on any atom is 0.160 e. The molecule has 0 amide bonds. The number of para-hydroxylation sites is 2. The maximum atomic E-state index is 6.88. The summed E-state index contributed by atoms with van der Waals surface area (Å²) in [5, 5.41) is 1.07. The molecule has 2 atom stereocenters. The largest absolute Gasteiger partial charge is 0.461 e. The summed E-state index contributed by atoms with van der Waals surface area (Å²) in [5.41, 5.74) is 11.5. The van der Waals surface area contributed by atoms with Crippen LogP contribution in [0, 0.1) is 11.8 Å². The van der Waals surface area contributed by atoms with Crippen molar-refractivity contribution in [2.24, 2.45) is 11.8 Å². The second-order valence-electron chi connectivity index (χ2n) is 13.2. The quantitative estimate of drug-likeness (QED) is 0.198. The van der Waals surface area contributed by atoms with Gasteiger partial charge in [0.15, 0.2) is 5.82 Å². The summed E-state index contributed by atoms with van der Waals surface area (Å²) < 4.78 is 6.88. The molecule has 1 aliphatic heterocycles. The zero-order valence-corrected chi connectivity index (χ0v) is 26.4. The van der Waals surface area contributed by atoms with Gasteiger partial charge in [0.1, 0.15) is 11.5 Å². The van der Waals surface area contributed by atoms with Crippen LogP contribution < -0.4 is 4.74 Å². The van der Waals surface area contributed by atoms with E-state index in [2.05, 4.69) is 140 Å². The summed E-state index contributed by atoms with van der Waals surface area (Å²) in [5.74, 6) is 3.39. The molecule has 4 aliphatic rings. The van der Waals surface area contributed by atoms with Crippen LogP contribution in [0.5, 0.6) is 5.75 Å². The fourth-order valence-electron chi connectivity index (χ4n) is 8.56. The average Bonchev–Trinajstić information content (AvgIpc) is 3.45. The van der Waals surface area contributed by atoms with Crippen molar-refractivity contribution >= 4 is 16.5 Å². The Balaban J connectivity index is 1.07. The van der Waals surface area contributed by atoms with Gasteiger partial charge in [0.25, 0.3) is 0 Å². The molecular weight excluding hydrogens is 585 g/mol. The molecule has 1 spiro atoms. The third-order valence-electron chi connectivity index (χ3n) is 10.7. The van der Waals surface area contributed by atoms with E-state index in [0.717, 1.165) is 57.9 Å². The lowest BCUT2D eigenvalue weighted by Gasteiger charge is -2.42. The van der Waals surface area contributed by atoms with E-state index in [9.17, 15) is 0 Å². The number of fused-ring (bicyclic) bond motifs is 9. The molecule has 6 aromatic rings. The summed E-state index contributed by atoms with van der Waals surface area (Å²) in [6, 6.07) is 45.1. The molecule has 0 bridgehead atoms. The highest BCUT2D eigenvalue weighted by atomic mass is 16.5. The fourth-order valence-corrected chi connectivity index (χ4v) is 8.56. The monoisotopic (exact) mass is 616 g/mol. The summed E-state index contributed by atoms with van der Waals surface area (Å²) >= 11 is 0. The van der Waals surface area contributed by atoms with Crippen molar-refractivity contribution in [1.82, 2.24) is 9.97 Å². The van der Waals surface area contributed by atoms with Crippen LogP contribution in [0.2, 0.25) is 0 Å². The van der Waals surface area contributed by atoms with E-state index in [1.54, 1.807) is 0 Å². The zero-order valence-electron chi connectivity index (χ0n) is 26.4. The van der Waals surface area contributed by atoms with Crippen LogP contribution in [0.4, 0.5) is 0 Å². The summed E-state index contributed by atoms with van der Waals surface area (Å²) in [6.07, 6.45) is 13.7. The van der Waals surface area contributed by atoms with E-state index in [0.29, 0.717) is 11.8 Å². The first-order chi connectivity index (χ1) is 23.8. The standard InChI is InChI=1S/C45H32N2O/c1-2-13-29(14-3-1)44-46-40-23-10-6-19-35(40)43(47-44)32-16-12-15-30(27-32)31-25-26-39-42(28-31)48-41-24-11-9-22-38(41)45(39)36-20-7-4-17-33(36)34-18-5-8-21-37(34)45/h1-14,16-27,30-31H,15,28H2. The molecule has 0 radical (unpaired) electrons. The average molecular weight is 617 g/mol. The van der Waals surface area contributed by atoms with Gasteiger partial charge in [0.2, 0.25) is 0 Å². The predicted molar refractivity (Wildman–Crippen MR) is 193 cm³/mol. The van der Waals surface area contributed by atoms with Gasteiger partial charge in [-0.1, -0.05) is 146 Å². The minimum Gasteiger partial charge on any atom is -0.461 e. The van der Waals surface area contributed by atoms with Crippen molar-refractivity contribution in [2.45, 2.75) is 18.3 Å². The lowest BCUT2D eigenvalue weighted by Crippen LogP contribution is -2.36. The third kappa shape index (κ3) is 3.94. The lowest BCUT2D eigenvalue weighted by atomic mass is 9.63. The molecule has 48 heavy (non-hydrogen) atoms. The molecule has 0 N–H and O–H groups in total. The van der Waals surface area contributed by atoms with E-state index in [-0.39, 0.29) is 0 Å². The minimum absolute atomic E-state index is 0.291. The number of allylic oxidation sites excluding steroid dienone is 8. The Kier molecular flexibility index (Phi) is 6.04. The number of nitrogens with zero attached hydrogens (tertiary/aromatic N) is 2. The van der Waals surface area contributed by atoms with Gasteiger partial charge in [-0.2, -0.15) is 0 Å². The smallest absolute Gasteiger partial charge is 0.160 e. The van der Waals surface area contributed by atoms with Gasteiger partial charge in [0, 0.05) is 28.5 Å². The van der Waals surface area contributed by atoms with E-state index in [1.807, 2.05) is 18.2 Å². The number of hydrogen-bond donors (Lipinski definition) is 0. The lowest BCUT2D eigenvalue weighted by molar-refractivity contribution is 0.323. The van der Waals surface area contributed by atoms with Gasteiger partial charge in [-0.05, 0) is 58.2 Å². The van der Waals surface area contributed by atoms with Gasteiger partial charge in [-0.15, -0.1) is 0 Å². The summed E-state index contributed by atoms with van der Waals surface area (Å²) in [7, 11) is 0. The van der Waals surface area contributed by atoms with Crippen molar-refractivity contribution in [3.8, 4) is 28.3 Å². The number of hydrogen-bond acceptors (Lipinski definition) is 3. The highest BCUT2D eigenvalue weighted by Gasteiger charge is 2.52. The van der Waals surface area contributed by atoms with Gasteiger partial charge < -0.3 is 4.74 Å². The normalized spacial score (nSPS) is 19.7. The van der Waals surface area contributed by atoms with Gasteiger partial charge in [-0.3, -0.25) is 0 Å². The number of aromatic nitrogens is 2. The Labute approximate surface area is 280 Å². The van der Waals surface area contributed by atoms with Crippen molar-refractivity contribution in [3.63, 3.8) is 0 Å². The molecule has 2 heterocycles. The molecule has 3 heteroatoms. The first-order valence-corrected chi connectivity index (χ1v) is 16.9. The van der Waals surface area contributed by atoms with E-state index < -0.39 is 5.41 Å². The fraction of sp³-hybridized carbons (Fsp3) is 0.111. The van der Waals surface area contributed by atoms with E-state index in [1.165, 1.54) is 33.4 Å². The Morgan fingerprint density at radius 1 is 0.625 bits per heavy atom. The first-order valence-electron chi connectivity index (χ1n) is 16.9. The molecule has 3 aliphatic carbocycles. The molecule has 0 saturated carbocycles. The Morgan fingerprint density at radius 3 is 2.12 bits per heavy atom. The molecule has 0 fully saturated rings. The minimum atomic E-state index is -0.403. The van der Waals surface area contributed by atoms with Crippen LogP contribution in [-0.2, 0) is 5.41 Å². The topological polar surface area (TPSA) is 35.0 Å². The summed E-state index contributed by atoms with van der Waals surface area (Å²) in [4.78, 5) is 10.1. The molecule has 228 valence electrons. The predicted octanol–water partition coefficient (Wildman–Crippen LogP) is 10.5. The number of ether oxygens (including phenoxy) is 1. The SMILES string of the molecule is C1=CC(c2nc(-c3ccccc3)nc3ccccc23)=CC(C2C=CC3=C(C2)Oc2ccccc2C32c3ccccc3-c3ccccc32)C1. The molecule has 10 rings (SSSR count). The number of benzene rings is 5. The second-order valence-corrected chi connectivity index (χ2v) is 13.2. The van der Waals surface area contributed by atoms with Gasteiger partial charge in [0.05, 0.1) is 16.6 Å². The van der Waals surface area contributed by atoms with Crippen molar-refractivity contribution in [1.29, 1.82) is 0 Å². The molecule has 1 aromatic heterocycles. The van der Waals surface area contributed by atoms with Gasteiger partial charge >= 0.3 is 0 Å². The van der Waals surface area contributed by atoms with Crippen LogP contribution in [0.15, 0.2) is 169 Å². The Bertz CT molecular complexity index is 2350. The third-order valence-corrected chi connectivity index (χ3v) is 10.7. The highest BCUT2D eigenvalue weighted by molar-refractivity contribution is 5.94. The first kappa shape index (κ1) is 27.3. The molecule has 5 aromatic carbocycles. The highest BCUT2D eigenvalue weighted by Crippen LogP contribution is 2.61.